The van der Waals surface area contributed by atoms with Gasteiger partial charge in [0.25, 0.3) is 0 Å². The van der Waals surface area contributed by atoms with Crippen LogP contribution in [-0.2, 0) is 6.42 Å². The number of hydrogen-bond acceptors (Lipinski definition) is 5. The average molecular weight is 262 g/mol. The van der Waals surface area contributed by atoms with Crippen LogP contribution in [0.3, 0.4) is 0 Å². The lowest BCUT2D eigenvalue weighted by atomic mass is 9.85. The van der Waals surface area contributed by atoms with Crippen LogP contribution in [-0.4, -0.2) is 16.6 Å². The standard InChI is InChI=1S/C14H22N4O/c1-3-12-13(18-15)16-9-17-14(12)19-8-11-7-5-4-6-10(11)2/h4-5,9-11H,3,6-8,15H2,1-2H3,(H,16,17,18). The van der Waals surface area contributed by atoms with E-state index in [1.54, 1.807) is 0 Å². The number of aromatic nitrogens is 2. The van der Waals surface area contributed by atoms with Crippen LogP contribution in [0.4, 0.5) is 5.82 Å². The van der Waals surface area contributed by atoms with Gasteiger partial charge in [-0.15, -0.1) is 0 Å². The highest BCUT2D eigenvalue weighted by Crippen LogP contribution is 2.27. The van der Waals surface area contributed by atoms with Crippen LogP contribution in [0.2, 0.25) is 0 Å². The fourth-order valence-electron chi connectivity index (χ4n) is 2.39. The number of hydrazine groups is 1. The Morgan fingerprint density at radius 2 is 2.16 bits per heavy atom. The van der Waals surface area contributed by atoms with Gasteiger partial charge in [0.05, 0.1) is 12.2 Å². The third-order valence-corrected chi connectivity index (χ3v) is 3.75. The molecule has 1 aliphatic rings. The molecule has 5 heteroatoms. The monoisotopic (exact) mass is 262 g/mol. The van der Waals surface area contributed by atoms with Crippen molar-refractivity contribution in [2.75, 3.05) is 12.0 Å². The van der Waals surface area contributed by atoms with E-state index in [0.29, 0.717) is 30.1 Å². The lowest BCUT2D eigenvalue weighted by molar-refractivity contribution is 0.191. The molecule has 0 aromatic carbocycles. The topological polar surface area (TPSA) is 73.1 Å². The van der Waals surface area contributed by atoms with Crippen molar-refractivity contribution in [1.29, 1.82) is 0 Å². The predicted molar refractivity (Wildman–Crippen MR) is 75.7 cm³/mol. The summed E-state index contributed by atoms with van der Waals surface area (Å²) in [5.41, 5.74) is 3.53. The third-order valence-electron chi connectivity index (χ3n) is 3.75. The van der Waals surface area contributed by atoms with E-state index in [-0.39, 0.29) is 0 Å². The normalized spacial score (nSPS) is 22.3. The number of anilines is 1. The molecule has 0 saturated heterocycles. The second-order valence-electron chi connectivity index (χ2n) is 5.00. The van der Waals surface area contributed by atoms with Crippen LogP contribution in [0.1, 0.15) is 32.3 Å². The van der Waals surface area contributed by atoms with E-state index in [0.717, 1.165) is 24.8 Å². The summed E-state index contributed by atoms with van der Waals surface area (Å²) in [7, 11) is 0. The fraction of sp³-hybridized carbons (Fsp3) is 0.571. The van der Waals surface area contributed by atoms with Gasteiger partial charge in [-0.1, -0.05) is 26.0 Å². The van der Waals surface area contributed by atoms with Crippen LogP contribution >= 0.6 is 0 Å². The Bertz CT molecular complexity index is 447. The molecule has 0 bridgehead atoms. The maximum absolute atomic E-state index is 5.90. The molecule has 19 heavy (non-hydrogen) atoms. The van der Waals surface area contributed by atoms with Gasteiger partial charge in [0.2, 0.25) is 5.88 Å². The van der Waals surface area contributed by atoms with Crippen molar-refractivity contribution < 1.29 is 4.74 Å². The highest BCUT2D eigenvalue weighted by atomic mass is 16.5. The SMILES string of the molecule is CCc1c(NN)ncnc1OCC1CC=CCC1C. The first kappa shape index (κ1) is 13.8. The molecule has 3 N–H and O–H groups in total. The second kappa shape index (κ2) is 6.52. The van der Waals surface area contributed by atoms with Gasteiger partial charge in [0.15, 0.2) is 0 Å². The van der Waals surface area contributed by atoms with Crippen molar-refractivity contribution in [3.05, 3.63) is 24.0 Å². The van der Waals surface area contributed by atoms with Crippen LogP contribution in [0.15, 0.2) is 18.5 Å². The number of hydrogen-bond donors (Lipinski definition) is 2. The lowest BCUT2D eigenvalue weighted by Crippen LogP contribution is -2.22. The lowest BCUT2D eigenvalue weighted by Gasteiger charge is -2.25. The van der Waals surface area contributed by atoms with Gasteiger partial charge in [-0.25, -0.2) is 15.8 Å². The van der Waals surface area contributed by atoms with Crippen LogP contribution in [0.5, 0.6) is 5.88 Å². The molecule has 0 aliphatic heterocycles. The number of nitrogens with zero attached hydrogens (tertiary/aromatic N) is 2. The number of rotatable bonds is 5. The zero-order valence-corrected chi connectivity index (χ0v) is 11.6. The number of nitrogens with one attached hydrogen (secondary N) is 1. The quantitative estimate of drug-likeness (QED) is 0.484. The van der Waals surface area contributed by atoms with E-state index < -0.39 is 0 Å². The van der Waals surface area contributed by atoms with E-state index in [1.807, 2.05) is 6.92 Å². The minimum atomic E-state index is 0.555. The molecule has 0 spiro atoms. The maximum Gasteiger partial charge on any atom is 0.221 e. The number of nitrogen functional groups attached to an aromatic ring is 1. The first-order valence-corrected chi connectivity index (χ1v) is 6.84. The second-order valence-corrected chi connectivity index (χ2v) is 5.00. The van der Waals surface area contributed by atoms with Gasteiger partial charge in [-0.05, 0) is 31.1 Å². The number of nitrogens with two attached hydrogens (primary N) is 1. The van der Waals surface area contributed by atoms with Crippen molar-refractivity contribution in [2.45, 2.75) is 33.1 Å². The van der Waals surface area contributed by atoms with Crippen molar-refractivity contribution >= 4 is 5.82 Å². The summed E-state index contributed by atoms with van der Waals surface area (Å²) in [6.07, 6.45) is 8.97. The first-order chi connectivity index (χ1) is 9.26. The Kier molecular flexibility index (Phi) is 4.74. The van der Waals surface area contributed by atoms with Crippen LogP contribution < -0.4 is 16.0 Å². The zero-order chi connectivity index (χ0) is 13.7. The molecule has 5 nitrogen and oxygen atoms in total. The Labute approximate surface area is 114 Å². The van der Waals surface area contributed by atoms with Crippen molar-refractivity contribution in [3.8, 4) is 5.88 Å². The van der Waals surface area contributed by atoms with E-state index in [1.165, 1.54) is 6.33 Å². The van der Waals surface area contributed by atoms with Gasteiger partial charge in [0, 0.05) is 0 Å². The first-order valence-electron chi connectivity index (χ1n) is 6.84. The van der Waals surface area contributed by atoms with Crippen LogP contribution in [0, 0.1) is 11.8 Å². The van der Waals surface area contributed by atoms with Crippen molar-refractivity contribution in [3.63, 3.8) is 0 Å². The molecule has 1 aromatic heterocycles. The molecular formula is C14H22N4O. The molecule has 1 heterocycles. The fourth-order valence-corrected chi connectivity index (χ4v) is 2.39. The molecule has 0 fully saturated rings. The summed E-state index contributed by atoms with van der Waals surface area (Å²) < 4.78 is 5.90. The van der Waals surface area contributed by atoms with E-state index in [9.17, 15) is 0 Å². The molecule has 1 aromatic rings. The summed E-state index contributed by atoms with van der Waals surface area (Å²) in [5, 5.41) is 0. The highest BCUT2D eigenvalue weighted by Gasteiger charge is 2.20. The summed E-state index contributed by atoms with van der Waals surface area (Å²) in [6.45, 7) is 5.00. The van der Waals surface area contributed by atoms with Gasteiger partial charge in [-0.2, -0.15) is 0 Å². The molecule has 0 saturated carbocycles. The largest absolute Gasteiger partial charge is 0.477 e. The molecule has 104 valence electrons. The minimum absolute atomic E-state index is 0.555. The molecular weight excluding hydrogens is 240 g/mol. The zero-order valence-electron chi connectivity index (χ0n) is 11.6. The summed E-state index contributed by atoms with van der Waals surface area (Å²) in [4.78, 5) is 8.32. The number of ether oxygens (including phenoxy) is 1. The van der Waals surface area contributed by atoms with Crippen molar-refractivity contribution in [2.24, 2.45) is 17.7 Å². The van der Waals surface area contributed by atoms with Gasteiger partial charge in [0.1, 0.15) is 12.1 Å². The summed E-state index contributed by atoms with van der Waals surface area (Å²) in [6, 6.07) is 0. The van der Waals surface area contributed by atoms with Gasteiger partial charge >= 0.3 is 0 Å². The maximum atomic E-state index is 5.90. The molecule has 2 atom stereocenters. The Balaban J connectivity index is 2.05. The molecule has 1 aliphatic carbocycles. The van der Waals surface area contributed by atoms with Gasteiger partial charge in [-0.3, -0.25) is 0 Å². The number of allylic oxidation sites excluding steroid dienone is 2. The smallest absolute Gasteiger partial charge is 0.221 e. The van der Waals surface area contributed by atoms with E-state index in [2.05, 4.69) is 34.5 Å². The average Bonchev–Trinajstić information content (AvgIpc) is 2.45. The summed E-state index contributed by atoms with van der Waals surface area (Å²) >= 11 is 0. The molecule has 2 unspecified atom stereocenters. The van der Waals surface area contributed by atoms with Crippen LogP contribution in [0.25, 0.3) is 0 Å². The van der Waals surface area contributed by atoms with Crippen molar-refractivity contribution in [1.82, 2.24) is 9.97 Å². The minimum Gasteiger partial charge on any atom is -0.477 e. The third kappa shape index (κ3) is 3.23. The van der Waals surface area contributed by atoms with E-state index in [4.69, 9.17) is 10.6 Å². The Morgan fingerprint density at radius 1 is 1.37 bits per heavy atom. The highest BCUT2D eigenvalue weighted by molar-refractivity contribution is 5.47. The molecule has 2 rings (SSSR count). The summed E-state index contributed by atoms with van der Waals surface area (Å²) in [5.74, 6) is 7.95. The Morgan fingerprint density at radius 3 is 2.84 bits per heavy atom. The van der Waals surface area contributed by atoms with Gasteiger partial charge < -0.3 is 10.2 Å². The molecule has 0 radical (unpaired) electrons. The van der Waals surface area contributed by atoms with E-state index >= 15 is 0 Å². The predicted octanol–water partition coefficient (Wildman–Crippen LogP) is 2.31. The Hall–Kier alpha value is -1.62. The molecule has 0 amide bonds.